The molecule has 23 heavy (non-hydrogen) atoms. The lowest BCUT2D eigenvalue weighted by atomic mass is 10.0. The lowest BCUT2D eigenvalue weighted by Gasteiger charge is -2.12. The van der Waals surface area contributed by atoms with Crippen molar-refractivity contribution in [1.29, 1.82) is 0 Å². The maximum atomic E-state index is 11.6. The number of hydrogen-bond acceptors (Lipinski definition) is 3. The van der Waals surface area contributed by atoms with Gasteiger partial charge in [0.15, 0.2) is 11.5 Å². The van der Waals surface area contributed by atoms with Crippen LogP contribution < -0.4 is 14.8 Å². The molecule has 1 N–H and O–H groups in total. The third kappa shape index (κ3) is 3.74. The molecule has 3 rings (SSSR count). The van der Waals surface area contributed by atoms with Crippen LogP contribution in [0.2, 0.25) is 0 Å². The highest BCUT2D eigenvalue weighted by molar-refractivity contribution is 5.88. The first-order valence-corrected chi connectivity index (χ1v) is 7.57. The fourth-order valence-electron chi connectivity index (χ4n) is 2.38. The zero-order valence-corrected chi connectivity index (χ0v) is 13.3. The summed E-state index contributed by atoms with van der Waals surface area (Å²) in [6, 6.07) is 13.9. The van der Waals surface area contributed by atoms with E-state index in [-0.39, 0.29) is 6.03 Å². The molecule has 0 aliphatic carbocycles. The normalized spacial score (nSPS) is 12.1. The van der Waals surface area contributed by atoms with Gasteiger partial charge in [-0.15, -0.1) is 0 Å². The molecule has 0 spiro atoms. The smallest absolute Gasteiger partial charge is 0.321 e. The standard InChI is InChI=1S/C18H20N2O3/c1-20(2)18(21)19-15-8-5-13(6-9-15)3-4-14-7-10-16-17(11-14)23-12-22-16/h5-11H,3-4,12H2,1-2H3,(H,19,21). The van der Waals surface area contributed by atoms with E-state index < -0.39 is 0 Å². The van der Waals surface area contributed by atoms with E-state index in [9.17, 15) is 4.79 Å². The minimum absolute atomic E-state index is 0.127. The molecule has 1 aliphatic heterocycles. The number of nitrogens with zero attached hydrogens (tertiary/aromatic N) is 1. The first kappa shape index (κ1) is 15.2. The second-order valence-electron chi connectivity index (χ2n) is 5.71. The molecule has 0 saturated heterocycles. The Balaban J connectivity index is 1.57. The van der Waals surface area contributed by atoms with Gasteiger partial charge in [0.1, 0.15) is 0 Å². The second kappa shape index (κ2) is 6.60. The highest BCUT2D eigenvalue weighted by atomic mass is 16.7. The molecule has 0 radical (unpaired) electrons. The van der Waals surface area contributed by atoms with Gasteiger partial charge in [-0.05, 0) is 48.2 Å². The molecule has 2 aromatic rings. The number of rotatable bonds is 4. The van der Waals surface area contributed by atoms with Gasteiger partial charge in [-0.3, -0.25) is 0 Å². The van der Waals surface area contributed by atoms with Crippen molar-refractivity contribution in [1.82, 2.24) is 4.90 Å². The molecule has 120 valence electrons. The number of anilines is 1. The fourth-order valence-corrected chi connectivity index (χ4v) is 2.38. The van der Waals surface area contributed by atoms with Gasteiger partial charge in [0, 0.05) is 19.8 Å². The van der Waals surface area contributed by atoms with Crippen LogP contribution in [0.5, 0.6) is 11.5 Å². The molecule has 0 saturated carbocycles. The summed E-state index contributed by atoms with van der Waals surface area (Å²) < 4.78 is 10.7. The quantitative estimate of drug-likeness (QED) is 0.942. The Bertz CT molecular complexity index is 696. The average Bonchev–Trinajstić information content (AvgIpc) is 3.01. The third-order valence-electron chi connectivity index (χ3n) is 3.75. The van der Waals surface area contributed by atoms with E-state index >= 15 is 0 Å². The maximum absolute atomic E-state index is 11.6. The zero-order chi connectivity index (χ0) is 16.2. The molecule has 5 nitrogen and oxygen atoms in total. The lowest BCUT2D eigenvalue weighted by Crippen LogP contribution is -2.27. The van der Waals surface area contributed by atoms with Gasteiger partial charge >= 0.3 is 6.03 Å². The number of aryl methyl sites for hydroxylation is 2. The minimum atomic E-state index is -0.127. The van der Waals surface area contributed by atoms with Gasteiger partial charge in [-0.2, -0.15) is 0 Å². The minimum Gasteiger partial charge on any atom is -0.454 e. The molecule has 2 amide bonds. The van der Waals surface area contributed by atoms with Crippen LogP contribution in [0.1, 0.15) is 11.1 Å². The number of nitrogens with one attached hydrogen (secondary N) is 1. The molecule has 2 aromatic carbocycles. The summed E-state index contributed by atoms with van der Waals surface area (Å²) in [6.07, 6.45) is 1.86. The summed E-state index contributed by atoms with van der Waals surface area (Å²) in [7, 11) is 3.43. The largest absolute Gasteiger partial charge is 0.454 e. The molecule has 1 heterocycles. The van der Waals surface area contributed by atoms with Crippen molar-refractivity contribution >= 4 is 11.7 Å². The van der Waals surface area contributed by atoms with Crippen LogP contribution in [0.3, 0.4) is 0 Å². The van der Waals surface area contributed by atoms with Crippen LogP contribution in [0.15, 0.2) is 42.5 Å². The first-order chi connectivity index (χ1) is 11.1. The van der Waals surface area contributed by atoms with E-state index in [0.717, 1.165) is 30.0 Å². The molecule has 0 fully saturated rings. The highest BCUT2D eigenvalue weighted by Crippen LogP contribution is 2.32. The highest BCUT2D eigenvalue weighted by Gasteiger charge is 2.13. The molecule has 0 bridgehead atoms. The van der Waals surface area contributed by atoms with Gasteiger partial charge in [0.05, 0.1) is 0 Å². The Labute approximate surface area is 135 Å². The molecule has 5 heteroatoms. The van der Waals surface area contributed by atoms with E-state index in [1.165, 1.54) is 16.0 Å². The van der Waals surface area contributed by atoms with Crippen LogP contribution >= 0.6 is 0 Å². The number of hydrogen-bond donors (Lipinski definition) is 1. The monoisotopic (exact) mass is 312 g/mol. The Hall–Kier alpha value is -2.69. The lowest BCUT2D eigenvalue weighted by molar-refractivity contribution is 0.174. The summed E-state index contributed by atoms with van der Waals surface area (Å²) in [6.45, 7) is 0.304. The van der Waals surface area contributed by atoms with Gasteiger partial charge in [0.2, 0.25) is 6.79 Å². The van der Waals surface area contributed by atoms with Crippen LogP contribution in [-0.4, -0.2) is 31.8 Å². The zero-order valence-electron chi connectivity index (χ0n) is 13.3. The van der Waals surface area contributed by atoms with Crippen molar-refractivity contribution in [2.75, 3.05) is 26.2 Å². The van der Waals surface area contributed by atoms with Crippen LogP contribution in [-0.2, 0) is 12.8 Å². The maximum Gasteiger partial charge on any atom is 0.321 e. The number of fused-ring (bicyclic) bond motifs is 1. The number of amides is 2. The predicted molar refractivity (Wildman–Crippen MR) is 89.1 cm³/mol. The Morgan fingerprint density at radius 3 is 2.39 bits per heavy atom. The number of carbonyl (C=O) groups excluding carboxylic acids is 1. The van der Waals surface area contributed by atoms with Crippen LogP contribution in [0.25, 0.3) is 0 Å². The summed E-state index contributed by atoms with van der Waals surface area (Å²) in [5, 5.41) is 2.83. The van der Waals surface area contributed by atoms with Crippen LogP contribution in [0, 0.1) is 0 Å². The Morgan fingerprint density at radius 1 is 1.00 bits per heavy atom. The summed E-state index contributed by atoms with van der Waals surface area (Å²) in [5.74, 6) is 1.64. The topological polar surface area (TPSA) is 50.8 Å². The van der Waals surface area contributed by atoms with Gasteiger partial charge in [-0.1, -0.05) is 18.2 Å². The SMILES string of the molecule is CN(C)C(=O)Nc1ccc(CCc2ccc3c(c2)OCO3)cc1. The molecule has 0 atom stereocenters. The summed E-state index contributed by atoms with van der Waals surface area (Å²) in [5.41, 5.74) is 3.25. The summed E-state index contributed by atoms with van der Waals surface area (Å²) >= 11 is 0. The average molecular weight is 312 g/mol. The van der Waals surface area contributed by atoms with Crippen LogP contribution in [0.4, 0.5) is 10.5 Å². The van der Waals surface area contributed by atoms with E-state index in [1.54, 1.807) is 14.1 Å². The van der Waals surface area contributed by atoms with Crippen molar-refractivity contribution in [3.05, 3.63) is 53.6 Å². The number of carbonyl (C=O) groups is 1. The summed E-state index contributed by atoms with van der Waals surface area (Å²) in [4.78, 5) is 13.1. The Morgan fingerprint density at radius 2 is 1.65 bits per heavy atom. The molecular formula is C18H20N2O3. The second-order valence-corrected chi connectivity index (χ2v) is 5.71. The van der Waals surface area contributed by atoms with Gasteiger partial charge in [-0.25, -0.2) is 4.79 Å². The first-order valence-electron chi connectivity index (χ1n) is 7.57. The van der Waals surface area contributed by atoms with Crippen molar-refractivity contribution in [3.63, 3.8) is 0 Å². The Kier molecular flexibility index (Phi) is 4.37. The predicted octanol–water partition coefficient (Wildman–Crippen LogP) is 3.29. The van der Waals surface area contributed by atoms with Crippen molar-refractivity contribution in [3.8, 4) is 11.5 Å². The van der Waals surface area contributed by atoms with Crippen molar-refractivity contribution < 1.29 is 14.3 Å². The fraction of sp³-hybridized carbons (Fsp3) is 0.278. The number of ether oxygens (including phenoxy) is 2. The van der Waals surface area contributed by atoms with E-state index in [1.807, 2.05) is 36.4 Å². The number of urea groups is 1. The van der Waals surface area contributed by atoms with Crippen molar-refractivity contribution in [2.24, 2.45) is 0 Å². The van der Waals surface area contributed by atoms with Crippen molar-refractivity contribution in [2.45, 2.75) is 12.8 Å². The molecular weight excluding hydrogens is 292 g/mol. The molecule has 0 unspecified atom stereocenters. The van der Waals surface area contributed by atoms with E-state index in [0.29, 0.717) is 6.79 Å². The number of benzene rings is 2. The third-order valence-corrected chi connectivity index (χ3v) is 3.75. The van der Waals surface area contributed by atoms with Gasteiger partial charge in [0.25, 0.3) is 0 Å². The van der Waals surface area contributed by atoms with Gasteiger partial charge < -0.3 is 19.7 Å². The molecule has 0 aromatic heterocycles. The van der Waals surface area contributed by atoms with E-state index in [4.69, 9.17) is 9.47 Å². The molecule has 1 aliphatic rings. The van der Waals surface area contributed by atoms with E-state index in [2.05, 4.69) is 11.4 Å².